The first kappa shape index (κ1) is 20.7. The van der Waals surface area contributed by atoms with Crippen LogP contribution in [0.25, 0.3) is 0 Å². The lowest BCUT2D eigenvalue weighted by Crippen LogP contribution is -2.45. The van der Waals surface area contributed by atoms with Crippen molar-refractivity contribution in [2.24, 2.45) is 0 Å². The highest BCUT2D eigenvalue weighted by Gasteiger charge is 2.43. The Bertz CT molecular complexity index is 545. The molecule has 1 aliphatic rings. The topological polar surface area (TPSA) is 24.5 Å². The fourth-order valence-corrected chi connectivity index (χ4v) is 3.14. The summed E-state index contributed by atoms with van der Waals surface area (Å²) < 4.78 is 54.7. The zero-order valence-electron chi connectivity index (χ0n) is 14.8. The first-order valence-electron chi connectivity index (χ1n) is 8.94. The Hall–Kier alpha value is -1.60. The Morgan fingerprint density at radius 1 is 1.15 bits per heavy atom. The van der Waals surface area contributed by atoms with Crippen LogP contribution in [0.4, 0.5) is 17.6 Å². The Labute approximate surface area is 152 Å². The van der Waals surface area contributed by atoms with Crippen molar-refractivity contribution in [1.82, 2.24) is 10.2 Å². The van der Waals surface area contributed by atoms with Gasteiger partial charge in [0.25, 0.3) is 0 Å². The molecule has 0 aliphatic carbocycles. The smallest absolute Gasteiger partial charge is 0.428 e. The Kier molecular flexibility index (Phi) is 7.90. The van der Waals surface area contributed by atoms with Crippen molar-refractivity contribution in [2.45, 2.75) is 44.3 Å². The number of halogens is 4. The van der Waals surface area contributed by atoms with Crippen molar-refractivity contribution in [3.8, 4) is 5.75 Å². The maximum atomic E-state index is 13.0. The minimum atomic E-state index is -4.48. The SMILES string of the molecule is C=CCCCC[C@H](c1ccc(OC(F)(F)C(F)F)cc1)N1CCNCC1. The standard InChI is InChI=1S/C19H26F4N2O/c1-2-3-4-5-6-17(25-13-11-24-12-14-25)15-7-9-16(10-8-15)26-19(22,23)18(20)21/h2,7-10,17-18,24H,1,3-6,11-14H2/t17-/m1/s1. The predicted octanol–water partition coefficient (Wildman–Crippen LogP) is 4.62. The number of alkyl halides is 4. The van der Waals surface area contributed by atoms with Crippen LogP contribution in [-0.2, 0) is 0 Å². The molecule has 1 N–H and O–H groups in total. The molecule has 7 heteroatoms. The van der Waals surface area contributed by atoms with Gasteiger partial charge in [0.1, 0.15) is 5.75 Å². The molecule has 26 heavy (non-hydrogen) atoms. The van der Waals surface area contributed by atoms with E-state index in [4.69, 9.17) is 0 Å². The quantitative estimate of drug-likeness (QED) is 0.368. The molecular weight excluding hydrogens is 348 g/mol. The van der Waals surface area contributed by atoms with Gasteiger partial charge in [-0.1, -0.05) is 24.6 Å². The number of allylic oxidation sites excluding steroid dienone is 1. The molecule has 0 saturated carbocycles. The molecule has 1 atom stereocenters. The number of benzene rings is 1. The third kappa shape index (κ3) is 5.99. The lowest BCUT2D eigenvalue weighted by Gasteiger charge is -2.35. The summed E-state index contributed by atoms with van der Waals surface area (Å²) in [4.78, 5) is 2.37. The van der Waals surface area contributed by atoms with Gasteiger partial charge in [-0.15, -0.1) is 6.58 Å². The average Bonchev–Trinajstić information content (AvgIpc) is 2.63. The second kappa shape index (κ2) is 9.92. The van der Waals surface area contributed by atoms with Crippen molar-refractivity contribution in [3.05, 3.63) is 42.5 Å². The summed E-state index contributed by atoms with van der Waals surface area (Å²) in [6.07, 6.45) is -2.46. The van der Waals surface area contributed by atoms with Crippen LogP contribution in [0.5, 0.6) is 5.75 Å². The van der Waals surface area contributed by atoms with Crippen LogP contribution in [0.3, 0.4) is 0 Å². The summed E-state index contributed by atoms with van der Waals surface area (Å²) in [5.74, 6) is -0.259. The van der Waals surface area contributed by atoms with Gasteiger partial charge < -0.3 is 10.1 Å². The zero-order chi connectivity index (χ0) is 19.0. The molecule has 1 heterocycles. The largest absolute Gasteiger partial charge is 0.461 e. The van der Waals surface area contributed by atoms with Gasteiger partial charge in [-0.25, -0.2) is 0 Å². The Balaban J connectivity index is 2.07. The highest BCUT2D eigenvalue weighted by molar-refractivity contribution is 5.29. The molecule has 1 aromatic rings. The summed E-state index contributed by atoms with van der Waals surface area (Å²) in [5, 5.41) is 3.31. The van der Waals surface area contributed by atoms with E-state index in [1.54, 1.807) is 12.1 Å². The molecule has 1 aromatic carbocycles. The maximum absolute atomic E-state index is 13.0. The number of hydrogen-bond acceptors (Lipinski definition) is 3. The maximum Gasteiger partial charge on any atom is 0.461 e. The van der Waals surface area contributed by atoms with Gasteiger partial charge in [-0.05, 0) is 37.0 Å². The first-order chi connectivity index (χ1) is 12.4. The summed E-state index contributed by atoms with van der Waals surface area (Å²) in [6.45, 7) is 7.37. The van der Waals surface area contributed by atoms with E-state index in [1.165, 1.54) is 12.1 Å². The number of piperazine rings is 1. The van der Waals surface area contributed by atoms with E-state index in [2.05, 4.69) is 21.5 Å². The second-order valence-corrected chi connectivity index (χ2v) is 6.41. The second-order valence-electron chi connectivity index (χ2n) is 6.41. The molecule has 0 aromatic heterocycles. The monoisotopic (exact) mass is 374 g/mol. The summed E-state index contributed by atoms with van der Waals surface area (Å²) in [7, 11) is 0. The van der Waals surface area contributed by atoms with Crippen LogP contribution in [-0.4, -0.2) is 43.6 Å². The highest BCUT2D eigenvalue weighted by atomic mass is 19.3. The van der Waals surface area contributed by atoms with Gasteiger partial charge in [0.15, 0.2) is 0 Å². The van der Waals surface area contributed by atoms with Crippen molar-refractivity contribution in [3.63, 3.8) is 0 Å². The van der Waals surface area contributed by atoms with E-state index in [0.29, 0.717) is 0 Å². The van der Waals surface area contributed by atoms with E-state index >= 15 is 0 Å². The van der Waals surface area contributed by atoms with Crippen molar-refractivity contribution >= 4 is 0 Å². The van der Waals surface area contributed by atoms with E-state index in [1.807, 2.05) is 6.08 Å². The molecule has 3 nitrogen and oxygen atoms in total. The number of unbranched alkanes of at least 4 members (excludes halogenated alkanes) is 2. The van der Waals surface area contributed by atoms with E-state index in [-0.39, 0.29) is 11.8 Å². The molecule has 1 fully saturated rings. The van der Waals surface area contributed by atoms with Crippen LogP contribution in [0, 0.1) is 0 Å². The minimum Gasteiger partial charge on any atom is -0.428 e. The highest BCUT2D eigenvalue weighted by Crippen LogP contribution is 2.31. The lowest BCUT2D eigenvalue weighted by molar-refractivity contribution is -0.253. The summed E-state index contributed by atoms with van der Waals surface area (Å²) in [6, 6.07) is 6.23. The predicted molar refractivity (Wildman–Crippen MR) is 93.9 cm³/mol. The number of rotatable bonds is 10. The third-order valence-corrected chi connectivity index (χ3v) is 4.50. The van der Waals surface area contributed by atoms with Gasteiger partial charge in [-0.3, -0.25) is 4.90 Å². The Morgan fingerprint density at radius 3 is 2.38 bits per heavy atom. The summed E-state index contributed by atoms with van der Waals surface area (Å²) in [5.41, 5.74) is 0.984. The van der Waals surface area contributed by atoms with Crippen molar-refractivity contribution in [2.75, 3.05) is 26.2 Å². The molecule has 0 radical (unpaired) electrons. The van der Waals surface area contributed by atoms with Gasteiger partial charge >= 0.3 is 12.5 Å². The third-order valence-electron chi connectivity index (χ3n) is 4.50. The molecule has 0 unspecified atom stereocenters. The molecule has 0 amide bonds. The number of ether oxygens (including phenoxy) is 1. The van der Waals surface area contributed by atoms with Crippen LogP contribution >= 0.6 is 0 Å². The normalized spacial score (nSPS) is 17.3. The van der Waals surface area contributed by atoms with E-state index < -0.39 is 12.5 Å². The van der Waals surface area contributed by atoms with Gasteiger partial charge in [0.2, 0.25) is 0 Å². The zero-order valence-corrected chi connectivity index (χ0v) is 14.8. The van der Waals surface area contributed by atoms with Crippen LogP contribution in [0.2, 0.25) is 0 Å². The van der Waals surface area contributed by atoms with Crippen LogP contribution in [0.15, 0.2) is 36.9 Å². The van der Waals surface area contributed by atoms with E-state index in [9.17, 15) is 17.6 Å². The molecule has 1 aliphatic heterocycles. The fourth-order valence-electron chi connectivity index (χ4n) is 3.14. The average molecular weight is 374 g/mol. The number of nitrogens with one attached hydrogen (secondary N) is 1. The molecule has 1 saturated heterocycles. The van der Waals surface area contributed by atoms with E-state index in [0.717, 1.165) is 57.4 Å². The number of nitrogens with zero attached hydrogens (tertiary/aromatic N) is 1. The van der Waals surface area contributed by atoms with Crippen molar-refractivity contribution < 1.29 is 22.3 Å². The van der Waals surface area contributed by atoms with Crippen molar-refractivity contribution in [1.29, 1.82) is 0 Å². The van der Waals surface area contributed by atoms with Gasteiger partial charge in [-0.2, -0.15) is 17.6 Å². The first-order valence-corrected chi connectivity index (χ1v) is 8.94. The molecule has 0 spiro atoms. The number of hydrogen-bond donors (Lipinski definition) is 1. The van der Waals surface area contributed by atoms with Crippen LogP contribution in [0.1, 0.15) is 37.3 Å². The molecule has 2 rings (SSSR count). The van der Waals surface area contributed by atoms with Gasteiger partial charge in [0, 0.05) is 32.2 Å². The molecule has 0 bridgehead atoms. The minimum absolute atomic E-state index is 0.173. The fraction of sp³-hybridized carbons (Fsp3) is 0.579. The van der Waals surface area contributed by atoms with Crippen LogP contribution < -0.4 is 10.1 Å². The Morgan fingerprint density at radius 2 is 1.81 bits per heavy atom. The molecule has 146 valence electrons. The van der Waals surface area contributed by atoms with Gasteiger partial charge in [0.05, 0.1) is 0 Å². The molecular formula is C19H26F4N2O. The lowest BCUT2D eigenvalue weighted by atomic mass is 9.98. The summed E-state index contributed by atoms with van der Waals surface area (Å²) >= 11 is 0.